The van der Waals surface area contributed by atoms with Crippen LogP contribution in [0.4, 0.5) is 5.82 Å². The zero-order chi connectivity index (χ0) is 23.9. The largest absolute Gasteiger partial charge is 0.469 e. The topological polar surface area (TPSA) is 168 Å². The summed E-state index contributed by atoms with van der Waals surface area (Å²) in [6.07, 6.45) is 1.54. The number of carbonyl (C=O) groups is 1. The quantitative estimate of drug-likeness (QED) is 0.120. The molecule has 0 saturated heterocycles. The molecule has 0 spiro atoms. The van der Waals surface area contributed by atoms with Gasteiger partial charge in [0, 0.05) is 40.3 Å². The molecule has 32 heavy (non-hydrogen) atoms. The van der Waals surface area contributed by atoms with Gasteiger partial charge in [-0.25, -0.2) is 14.5 Å². The van der Waals surface area contributed by atoms with Crippen molar-refractivity contribution in [2.75, 3.05) is 12.3 Å². The van der Waals surface area contributed by atoms with Crippen molar-refractivity contribution in [3.05, 3.63) is 62.4 Å². The molecule has 1 amide bonds. The minimum absolute atomic E-state index is 0.0162. The molecule has 2 rings (SSSR count). The van der Waals surface area contributed by atoms with Gasteiger partial charge in [-0.2, -0.15) is 0 Å². The normalized spacial score (nSPS) is 13.2. The lowest BCUT2D eigenvalue weighted by molar-refractivity contribution is -0.117. The highest BCUT2D eigenvalue weighted by Crippen LogP contribution is 2.36. The Hall–Kier alpha value is -1.92. The van der Waals surface area contributed by atoms with Gasteiger partial charge in [-0.15, -0.1) is 11.4 Å². The van der Waals surface area contributed by atoms with Crippen molar-refractivity contribution in [1.82, 2.24) is 15.3 Å². The molecule has 0 saturated carbocycles. The Morgan fingerprint density at radius 3 is 2.56 bits per heavy atom. The van der Waals surface area contributed by atoms with E-state index in [1.807, 2.05) is 0 Å². The number of nitrogens with one attached hydrogen (secondary N) is 1. The third kappa shape index (κ3) is 8.55. The standard InChI is InChI=1S/C19H24BrN4O6PS/c1-11(18(25)23-10-14-9-22-12(2)24-17(14)21)16(7-8-30-31(27,28)29)32-19(26)13-3-5-15(20)6-4-13/h3-6,9,26,32H,7-8,10H2,1-2H3,(H,23,25)(H2,21,22,24)(H2,27,28,29)/b16-11-. The van der Waals surface area contributed by atoms with Crippen molar-refractivity contribution in [3.8, 4) is 0 Å². The van der Waals surface area contributed by atoms with Crippen molar-refractivity contribution in [3.63, 3.8) is 0 Å². The van der Waals surface area contributed by atoms with Gasteiger partial charge in [-0.1, -0.05) is 28.1 Å². The molecule has 0 fully saturated rings. The van der Waals surface area contributed by atoms with E-state index in [0.29, 0.717) is 33.2 Å². The SMILES string of the molecule is C/C(C(=O)NCc1cnc(C)nc1N)=C(CCOP(=O)(O)O)/[SH]=C(\O)c1ccc(Br)cc1. The minimum Gasteiger partial charge on any atom is -0.383 e. The van der Waals surface area contributed by atoms with Gasteiger partial charge in [-0.3, -0.25) is 9.32 Å². The van der Waals surface area contributed by atoms with Crippen LogP contribution in [-0.4, -0.2) is 42.4 Å². The molecule has 0 unspecified atom stereocenters. The van der Waals surface area contributed by atoms with Crippen LogP contribution in [0.1, 0.15) is 30.3 Å². The van der Waals surface area contributed by atoms with Gasteiger partial charge in [-0.05, 0) is 30.9 Å². The van der Waals surface area contributed by atoms with E-state index >= 15 is 0 Å². The van der Waals surface area contributed by atoms with Crippen molar-refractivity contribution >= 4 is 51.9 Å². The predicted molar refractivity (Wildman–Crippen MR) is 128 cm³/mol. The number of aliphatic hydroxyl groups excluding tert-OH is 1. The van der Waals surface area contributed by atoms with Crippen molar-refractivity contribution in [2.45, 2.75) is 26.8 Å². The molecular formula is C19H24BrN4O6PS. The third-order valence-electron chi connectivity index (χ3n) is 4.17. The van der Waals surface area contributed by atoms with Gasteiger partial charge < -0.3 is 25.9 Å². The van der Waals surface area contributed by atoms with E-state index in [9.17, 15) is 14.5 Å². The summed E-state index contributed by atoms with van der Waals surface area (Å²) in [4.78, 5) is 39.1. The molecule has 13 heteroatoms. The number of hydrogen-bond acceptors (Lipinski definition) is 6. The highest BCUT2D eigenvalue weighted by molar-refractivity contribution is 9.10. The summed E-state index contributed by atoms with van der Waals surface area (Å²) in [7, 11) is -4.66. The van der Waals surface area contributed by atoms with E-state index < -0.39 is 13.7 Å². The fraction of sp³-hybridized carbons (Fsp3) is 0.263. The number of amides is 1. The van der Waals surface area contributed by atoms with Gasteiger partial charge >= 0.3 is 7.82 Å². The van der Waals surface area contributed by atoms with Crippen LogP contribution in [0.5, 0.6) is 0 Å². The first-order chi connectivity index (χ1) is 15.0. The Balaban J connectivity index is 2.25. The van der Waals surface area contributed by atoms with E-state index in [-0.39, 0.29) is 36.0 Å². The average molecular weight is 547 g/mol. The molecule has 6 N–H and O–H groups in total. The molecule has 10 nitrogen and oxygen atoms in total. The number of phosphoric acid groups is 1. The van der Waals surface area contributed by atoms with Crippen LogP contribution >= 0.6 is 35.1 Å². The molecule has 0 aliphatic rings. The van der Waals surface area contributed by atoms with Crippen LogP contribution in [0, 0.1) is 6.92 Å². The number of nitrogens with zero attached hydrogens (tertiary/aromatic N) is 2. The molecule has 2 aromatic rings. The first-order valence-electron chi connectivity index (χ1n) is 9.26. The maximum absolute atomic E-state index is 12.7. The second kappa shape index (κ2) is 11.8. The highest BCUT2D eigenvalue weighted by Gasteiger charge is 2.16. The summed E-state index contributed by atoms with van der Waals surface area (Å²) < 4.78 is 16.4. The number of aliphatic hydroxyl groups is 1. The number of phosphoric ester groups is 1. The molecule has 174 valence electrons. The van der Waals surface area contributed by atoms with Gasteiger partial charge in [0.05, 0.1) is 6.61 Å². The number of hydrogen-bond donors (Lipinski definition) is 6. The predicted octanol–water partition coefficient (Wildman–Crippen LogP) is 2.72. The molecule has 0 aliphatic carbocycles. The summed E-state index contributed by atoms with van der Waals surface area (Å²) in [6.45, 7) is 3.02. The van der Waals surface area contributed by atoms with Gasteiger partial charge in [0.2, 0.25) is 5.91 Å². The van der Waals surface area contributed by atoms with Gasteiger partial charge in [0.1, 0.15) is 16.7 Å². The number of halogens is 1. The lowest BCUT2D eigenvalue weighted by Crippen LogP contribution is -2.25. The summed E-state index contributed by atoms with van der Waals surface area (Å²) >= 11 is 3.63. The van der Waals surface area contributed by atoms with Gasteiger partial charge in [0.15, 0.2) is 0 Å². The second-order valence-electron chi connectivity index (χ2n) is 6.60. The van der Waals surface area contributed by atoms with Gasteiger partial charge in [0.25, 0.3) is 0 Å². The Morgan fingerprint density at radius 2 is 1.97 bits per heavy atom. The molecule has 0 radical (unpaired) electrons. The van der Waals surface area contributed by atoms with Crippen LogP contribution in [-0.2, 0) is 20.4 Å². The first kappa shape index (κ1) is 26.3. The number of rotatable bonds is 9. The Morgan fingerprint density at radius 1 is 1.31 bits per heavy atom. The number of benzene rings is 1. The van der Waals surface area contributed by atoms with Crippen molar-refractivity contribution in [2.24, 2.45) is 0 Å². The summed E-state index contributed by atoms with van der Waals surface area (Å²) in [5.41, 5.74) is 7.21. The zero-order valence-electron chi connectivity index (χ0n) is 17.3. The zero-order valence-corrected chi connectivity index (χ0v) is 20.7. The van der Waals surface area contributed by atoms with Crippen LogP contribution in [0.15, 0.2) is 45.4 Å². The minimum atomic E-state index is -4.66. The number of nitrogens with two attached hydrogens (primary N) is 1. The summed E-state index contributed by atoms with van der Waals surface area (Å²) in [6, 6.07) is 6.92. The van der Waals surface area contributed by atoms with Crippen LogP contribution in [0.25, 0.3) is 0 Å². The monoisotopic (exact) mass is 546 g/mol. The van der Waals surface area contributed by atoms with Crippen LogP contribution < -0.4 is 11.1 Å². The van der Waals surface area contributed by atoms with E-state index in [2.05, 4.69) is 35.7 Å². The summed E-state index contributed by atoms with van der Waals surface area (Å²) in [5, 5.41) is 13.2. The van der Waals surface area contributed by atoms with E-state index in [4.69, 9.17) is 15.5 Å². The third-order valence-corrected chi connectivity index (χ3v) is 6.52. The smallest absolute Gasteiger partial charge is 0.383 e. The molecule has 1 aromatic carbocycles. The highest BCUT2D eigenvalue weighted by atomic mass is 79.9. The first-order valence-corrected chi connectivity index (χ1v) is 12.5. The fourth-order valence-electron chi connectivity index (χ4n) is 2.47. The molecule has 1 aromatic heterocycles. The number of anilines is 1. The Labute approximate surface area is 197 Å². The Kier molecular flexibility index (Phi) is 9.71. The molecule has 0 bridgehead atoms. The number of carbonyl (C=O) groups excluding carboxylic acids is 1. The summed E-state index contributed by atoms with van der Waals surface area (Å²) in [5.74, 6) is 0.333. The average Bonchev–Trinajstić information content (AvgIpc) is 2.71. The second-order valence-corrected chi connectivity index (χ2v) is 9.94. The van der Waals surface area contributed by atoms with Crippen LogP contribution in [0.3, 0.4) is 0 Å². The Bertz CT molecular complexity index is 1090. The lowest BCUT2D eigenvalue weighted by atomic mass is 10.2. The molecule has 0 aliphatic heterocycles. The number of nitrogen functional groups attached to an aromatic ring is 1. The molecular weight excluding hydrogens is 523 g/mol. The molecule has 0 atom stereocenters. The fourth-order valence-corrected chi connectivity index (χ4v) is 4.07. The lowest BCUT2D eigenvalue weighted by Gasteiger charge is -2.13. The maximum atomic E-state index is 12.7. The van der Waals surface area contributed by atoms with E-state index in [1.54, 1.807) is 38.1 Å². The van der Waals surface area contributed by atoms with E-state index in [1.165, 1.54) is 6.20 Å². The van der Waals surface area contributed by atoms with Crippen molar-refractivity contribution < 1.29 is 28.8 Å². The number of thiol groups is 1. The number of aromatic nitrogens is 2. The van der Waals surface area contributed by atoms with Crippen molar-refractivity contribution in [1.29, 1.82) is 0 Å². The van der Waals surface area contributed by atoms with E-state index in [0.717, 1.165) is 4.47 Å². The molecule has 1 heterocycles. The maximum Gasteiger partial charge on any atom is 0.469 e. The van der Waals surface area contributed by atoms with Crippen LogP contribution in [0.2, 0.25) is 0 Å². The number of aryl methyl sites for hydroxylation is 1.